The van der Waals surface area contributed by atoms with E-state index in [0.717, 1.165) is 22.3 Å². The second-order valence-corrected chi connectivity index (χ2v) is 5.53. The van der Waals surface area contributed by atoms with Crippen molar-refractivity contribution in [3.8, 4) is 11.1 Å². The number of amides is 1. The summed E-state index contributed by atoms with van der Waals surface area (Å²) in [6.45, 7) is 1.57. The molecule has 1 aliphatic carbocycles. The van der Waals surface area contributed by atoms with Gasteiger partial charge in [0.15, 0.2) is 0 Å². The van der Waals surface area contributed by atoms with Gasteiger partial charge in [0.1, 0.15) is 12.6 Å². The lowest BCUT2D eigenvalue weighted by Crippen LogP contribution is -2.39. The SMILES string of the molecule is C[C@H](NC(=O)OCC1c2ccccc2-c2ccccc21)[13C](=O)[18OH]. The van der Waals surface area contributed by atoms with Gasteiger partial charge in [0, 0.05) is 5.92 Å². The molecule has 0 saturated heterocycles. The van der Waals surface area contributed by atoms with Crippen molar-refractivity contribution in [2.75, 3.05) is 6.61 Å². The van der Waals surface area contributed by atoms with E-state index in [-0.39, 0.29) is 12.5 Å². The first kappa shape index (κ1) is 15.1. The van der Waals surface area contributed by atoms with E-state index < -0.39 is 18.1 Å². The summed E-state index contributed by atoms with van der Waals surface area (Å²) in [5.41, 5.74) is 4.53. The molecule has 2 aromatic carbocycles. The van der Waals surface area contributed by atoms with Crippen molar-refractivity contribution in [2.24, 2.45) is 0 Å². The molecule has 0 heterocycles. The fraction of sp³-hybridized carbons (Fsp3) is 0.222. The lowest BCUT2D eigenvalue weighted by atomic mass is 9.98. The van der Waals surface area contributed by atoms with Crippen LogP contribution in [-0.2, 0) is 9.53 Å². The standard InChI is InChI=1S/C18H17NO4/c1-11(17(20)21)19-18(22)23-10-16-14-8-4-2-6-12(14)13-7-3-5-9-15(13)16/h2-9,11,16H,10H2,1H3,(H,19,22)(H,20,21)/t11-/m0/s1/i17+1,20+2. The molecular formula is C18H17NO4. The van der Waals surface area contributed by atoms with E-state index in [1.54, 1.807) is 0 Å². The quantitative estimate of drug-likeness (QED) is 0.672. The second kappa shape index (κ2) is 6.12. The Morgan fingerprint density at radius 1 is 1.09 bits per heavy atom. The molecule has 1 atom stereocenters. The number of carbonyl (C=O) groups is 2. The molecule has 0 fully saturated rings. The third-order valence-corrected chi connectivity index (χ3v) is 4.05. The van der Waals surface area contributed by atoms with Crippen molar-refractivity contribution in [1.82, 2.24) is 5.32 Å². The van der Waals surface area contributed by atoms with Crippen molar-refractivity contribution in [3.05, 3.63) is 59.7 Å². The number of nitrogens with one attached hydrogen (secondary N) is 1. The first-order valence-electron chi connectivity index (χ1n) is 7.42. The molecule has 23 heavy (non-hydrogen) atoms. The molecule has 0 saturated carbocycles. The summed E-state index contributed by atoms with van der Waals surface area (Å²) in [7, 11) is 0. The molecule has 5 nitrogen and oxygen atoms in total. The van der Waals surface area contributed by atoms with Gasteiger partial charge in [-0.2, -0.15) is 0 Å². The molecule has 1 amide bonds. The first-order chi connectivity index (χ1) is 11.1. The van der Waals surface area contributed by atoms with Crippen molar-refractivity contribution in [1.29, 1.82) is 0 Å². The van der Waals surface area contributed by atoms with Gasteiger partial charge in [0.25, 0.3) is 0 Å². The summed E-state index contributed by atoms with van der Waals surface area (Å²) in [5.74, 6) is -1.13. The summed E-state index contributed by atoms with van der Waals surface area (Å²) < 4.78 is 5.25. The van der Waals surface area contributed by atoms with Crippen LogP contribution >= 0.6 is 0 Å². The van der Waals surface area contributed by atoms with Crippen LogP contribution < -0.4 is 5.32 Å². The Kier molecular flexibility index (Phi) is 4.02. The van der Waals surface area contributed by atoms with Gasteiger partial charge in [-0.1, -0.05) is 48.5 Å². The zero-order valence-corrected chi connectivity index (χ0v) is 12.7. The third-order valence-electron chi connectivity index (χ3n) is 4.05. The van der Waals surface area contributed by atoms with Crippen LogP contribution in [-0.4, -0.2) is 29.8 Å². The van der Waals surface area contributed by atoms with Crippen molar-refractivity contribution < 1.29 is 19.4 Å². The highest BCUT2D eigenvalue weighted by Crippen LogP contribution is 2.44. The number of ether oxygens (including phenoxy) is 1. The number of benzene rings is 2. The number of carboxylic acids is 1. The van der Waals surface area contributed by atoms with Gasteiger partial charge in [0.05, 0.1) is 0 Å². The number of hydrogen-bond acceptors (Lipinski definition) is 3. The van der Waals surface area contributed by atoms with E-state index in [1.165, 1.54) is 6.92 Å². The van der Waals surface area contributed by atoms with Crippen LogP contribution in [0.1, 0.15) is 24.0 Å². The molecule has 0 aromatic heterocycles. The summed E-state index contributed by atoms with van der Waals surface area (Å²) in [4.78, 5) is 22.5. The van der Waals surface area contributed by atoms with E-state index in [0.29, 0.717) is 0 Å². The van der Waals surface area contributed by atoms with Crippen LogP contribution in [0.2, 0.25) is 0 Å². The predicted octanol–water partition coefficient (Wildman–Crippen LogP) is 3.00. The molecule has 0 radical (unpaired) electrons. The normalized spacial score (nSPS) is 13.8. The summed E-state index contributed by atoms with van der Waals surface area (Å²) in [6.07, 6.45) is -0.721. The van der Waals surface area contributed by atoms with Crippen LogP contribution in [0.3, 0.4) is 0 Å². The van der Waals surface area contributed by atoms with E-state index in [4.69, 9.17) is 9.84 Å². The smallest absolute Gasteiger partial charge is 0.407 e. The molecule has 3 rings (SSSR count). The summed E-state index contributed by atoms with van der Waals surface area (Å²) >= 11 is 0. The topological polar surface area (TPSA) is 75.6 Å². The predicted molar refractivity (Wildman–Crippen MR) is 85.3 cm³/mol. The highest BCUT2D eigenvalue weighted by atomic mass is 18.2. The summed E-state index contributed by atoms with van der Waals surface area (Å²) in [5, 5.41) is 11.1. The van der Waals surface area contributed by atoms with Gasteiger partial charge in [-0.25, -0.2) is 4.79 Å². The molecule has 1 aliphatic rings. The Morgan fingerprint density at radius 3 is 2.13 bits per heavy atom. The van der Waals surface area contributed by atoms with Gasteiger partial charge < -0.3 is 15.2 Å². The maximum Gasteiger partial charge on any atom is 0.407 e. The molecule has 2 N–H and O–H groups in total. The fourth-order valence-corrected chi connectivity index (χ4v) is 2.88. The van der Waals surface area contributed by atoms with E-state index in [2.05, 4.69) is 17.4 Å². The number of carbonyl (C=O) groups excluding carboxylic acids is 1. The second-order valence-electron chi connectivity index (χ2n) is 5.53. The lowest BCUT2D eigenvalue weighted by molar-refractivity contribution is -0.138. The number of alkyl carbamates (subject to hydrolysis) is 1. The van der Waals surface area contributed by atoms with Gasteiger partial charge >= 0.3 is 12.1 Å². The fourth-order valence-electron chi connectivity index (χ4n) is 2.88. The average Bonchev–Trinajstić information content (AvgIpc) is 2.87. The number of fused-ring (bicyclic) bond motifs is 3. The Bertz CT molecular complexity index is 711. The zero-order chi connectivity index (χ0) is 16.4. The lowest BCUT2D eigenvalue weighted by Gasteiger charge is -2.15. The summed E-state index contributed by atoms with van der Waals surface area (Å²) in [6, 6.07) is 15.1. The van der Waals surface area contributed by atoms with Crippen molar-refractivity contribution in [2.45, 2.75) is 18.9 Å². The largest absolute Gasteiger partial charge is 0.480 e. The van der Waals surface area contributed by atoms with Crippen LogP contribution in [0, 0.1) is 0 Å². The highest BCUT2D eigenvalue weighted by Gasteiger charge is 2.29. The number of carboxylic acid groups (broad SMARTS) is 1. The van der Waals surface area contributed by atoms with Crippen LogP contribution in [0.4, 0.5) is 4.79 Å². The first-order valence-corrected chi connectivity index (χ1v) is 7.42. The minimum atomic E-state index is -1.10. The number of aliphatic carboxylic acids is 1. The average molecular weight is 314 g/mol. The van der Waals surface area contributed by atoms with Crippen LogP contribution in [0.15, 0.2) is 48.5 Å². The van der Waals surface area contributed by atoms with Gasteiger partial charge in [-0.15, -0.1) is 0 Å². The Labute approximate surface area is 133 Å². The molecule has 2 aromatic rings. The molecule has 118 valence electrons. The van der Waals surface area contributed by atoms with E-state index >= 15 is 0 Å². The minimum Gasteiger partial charge on any atom is -0.480 e. The van der Waals surface area contributed by atoms with E-state index in [9.17, 15) is 9.59 Å². The molecule has 5 heteroatoms. The Hall–Kier alpha value is -2.82. The minimum absolute atomic E-state index is 0.0340. The van der Waals surface area contributed by atoms with Gasteiger partial charge in [-0.05, 0) is 29.2 Å². The molecule has 0 unspecified atom stereocenters. The number of rotatable bonds is 4. The maximum absolute atomic E-state index is 11.7. The number of hydrogen-bond donors (Lipinski definition) is 2. The van der Waals surface area contributed by atoms with Crippen LogP contribution in [0.25, 0.3) is 11.1 Å². The Morgan fingerprint density at radius 2 is 1.61 bits per heavy atom. The Balaban J connectivity index is 1.76. The zero-order valence-electron chi connectivity index (χ0n) is 12.7. The van der Waals surface area contributed by atoms with Gasteiger partial charge in [-0.3, -0.25) is 4.79 Å². The maximum atomic E-state index is 11.7. The van der Waals surface area contributed by atoms with Crippen LogP contribution in [0.5, 0.6) is 0 Å². The highest BCUT2D eigenvalue weighted by molar-refractivity contribution is 5.80. The molecule has 0 bridgehead atoms. The molecule has 0 aliphatic heterocycles. The molecular weight excluding hydrogens is 297 g/mol. The van der Waals surface area contributed by atoms with E-state index in [1.807, 2.05) is 36.4 Å². The van der Waals surface area contributed by atoms with Crippen molar-refractivity contribution >= 4 is 12.1 Å². The molecule has 0 spiro atoms. The van der Waals surface area contributed by atoms with Crippen molar-refractivity contribution in [3.63, 3.8) is 0 Å². The third kappa shape index (κ3) is 2.90. The van der Waals surface area contributed by atoms with Gasteiger partial charge in [0.2, 0.25) is 0 Å². The monoisotopic (exact) mass is 314 g/mol.